The van der Waals surface area contributed by atoms with E-state index in [1.807, 2.05) is 60.7 Å². The molecule has 0 fully saturated rings. The van der Waals surface area contributed by atoms with E-state index in [-0.39, 0.29) is 10.5 Å². The van der Waals surface area contributed by atoms with Crippen molar-refractivity contribution in [2.75, 3.05) is 25.7 Å². The summed E-state index contributed by atoms with van der Waals surface area (Å²) in [6.45, 7) is 0. The molecule has 2 heterocycles. The molecule has 0 bridgehead atoms. The van der Waals surface area contributed by atoms with Crippen LogP contribution in [0.1, 0.15) is 21.6 Å². The van der Waals surface area contributed by atoms with Gasteiger partial charge in [-0.2, -0.15) is 0 Å². The Morgan fingerprint density at radius 1 is 0.733 bits per heavy atom. The number of carbonyl (C=O) groups is 2. The number of para-hydroxylation sites is 2. The second kappa shape index (κ2) is 11.1. The van der Waals surface area contributed by atoms with Crippen molar-refractivity contribution < 1.29 is 19.1 Å². The van der Waals surface area contributed by atoms with Crippen LogP contribution in [0.15, 0.2) is 71.8 Å². The zero-order chi connectivity index (χ0) is 21.3. The summed E-state index contributed by atoms with van der Waals surface area (Å²) in [5.74, 6) is 3.50. The van der Waals surface area contributed by atoms with Crippen molar-refractivity contribution in [3.8, 4) is 11.5 Å². The normalized spacial score (nSPS) is 19.8. The van der Waals surface area contributed by atoms with Crippen molar-refractivity contribution in [2.24, 2.45) is 0 Å². The average molecular weight is 441 g/mol. The Hall–Kier alpha value is -2.44. The van der Waals surface area contributed by atoms with Gasteiger partial charge in [-0.25, -0.2) is 0 Å². The maximum atomic E-state index is 10.9. The molecule has 2 aromatic carbocycles. The molecular weight excluding hydrogens is 416 g/mol. The number of methoxy groups -OCH3 is 2. The Bertz CT molecular complexity index is 874. The highest BCUT2D eigenvalue weighted by Crippen LogP contribution is 2.44. The molecular formula is C24H24O4S2. The van der Waals surface area contributed by atoms with Crippen molar-refractivity contribution in [2.45, 2.75) is 10.5 Å². The molecule has 0 unspecified atom stereocenters. The van der Waals surface area contributed by atoms with E-state index >= 15 is 0 Å². The molecule has 0 N–H and O–H groups in total. The minimum absolute atomic E-state index is 0.138. The number of benzene rings is 2. The lowest BCUT2D eigenvalue weighted by Crippen LogP contribution is -1.98. The molecule has 2 atom stereocenters. The van der Waals surface area contributed by atoms with Gasteiger partial charge in [0, 0.05) is 33.8 Å². The van der Waals surface area contributed by atoms with Crippen molar-refractivity contribution in [3.63, 3.8) is 0 Å². The van der Waals surface area contributed by atoms with E-state index in [2.05, 4.69) is 0 Å². The largest absolute Gasteiger partial charge is 0.496 e. The van der Waals surface area contributed by atoms with E-state index in [4.69, 9.17) is 9.47 Å². The minimum atomic E-state index is 0.138. The van der Waals surface area contributed by atoms with Gasteiger partial charge < -0.3 is 9.47 Å². The lowest BCUT2D eigenvalue weighted by molar-refractivity contribution is -0.105. The second-order valence-electron chi connectivity index (χ2n) is 6.55. The van der Waals surface area contributed by atoms with Gasteiger partial charge in [-0.15, -0.1) is 23.5 Å². The number of ether oxygens (including phenoxy) is 2. The van der Waals surface area contributed by atoms with E-state index < -0.39 is 0 Å². The zero-order valence-corrected chi connectivity index (χ0v) is 18.6. The number of hydrogen-bond donors (Lipinski definition) is 0. The third-order valence-corrected chi connectivity index (χ3v) is 7.32. The Kier molecular flexibility index (Phi) is 8.22. The first kappa shape index (κ1) is 22.2. The van der Waals surface area contributed by atoms with Gasteiger partial charge in [-0.3, -0.25) is 9.59 Å². The summed E-state index contributed by atoms with van der Waals surface area (Å²) in [4.78, 5) is 21.7. The molecule has 6 heteroatoms. The molecule has 0 saturated heterocycles. The van der Waals surface area contributed by atoms with Gasteiger partial charge in [-0.1, -0.05) is 48.6 Å². The van der Waals surface area contributed by atoms with Crippen molar-refractivity contribution >= 4 is 36.1 Å². The van der Waals surface area contributed by atoms with Crippen LogP contribution in [0.2, 0.25) is 0 Å². The molecule has 0 spiro atoms. The molecule has 30 heavy (non-hydrogen) atoms. The van der Waals surface area contributed by atoms with Crippen LogP contribution in [0.25, 0.3) is 0 Å². The average Bonchev–Trinajstić information content (AvgIpc) is 3.48. The van der Waals surface area contributed by atoms with Crippen LogP contribution in [0.4, 0.5) is 0 Å². The van der Waals surface area contributed by atoms with Crippen LogP contribution in [-0.4, -0.2) is 38.3 Å². The first-order valence-electron chi connectivity index (χ1n) is 9.53. The molecule has 2 aromatic rings. The maximum Gasteiger partial charge on any atom is 0.147 e. The van der Waals surface area contributed by atoms with Gasteiger partial charge >= 0.3 is 0 Å². The van der Waals surface area contributed by atoms with Crippen molar-refractivity contribution in [1.29, 1.82) is 0 Å². The molecule has 0 aliphatic carbocycles. The quantitative estimate of drug-likeness (QED) is 0.574. The number of hydrogen-bond acceptors (Lipinski definition) is 6. The zero-order valence-electron chi connectivity index (χ0n) is 16.9. The van der Waals surface area contributed by atoms with Crippen LogP contribution in [-0.2, 0) is 9.59 Å². The summed E-state index contributed by atoms with van der Waals surface area (Å²) >= 11 is 3.51. The monoisotopic (exact) mass is 440 g/mol. The first-order valence-corrected chi connectivity index (χ1v) is 11.6. The minimum Gasteiger partial charge on any atom is -0.496 e. The number of rotatable bonds is 6. The highest BCUT2D eigenvalue weighted by Gasteiger charge is 2.24. The highest BCUT2D eigenvalue weighted by molar-refractivity contribution is 8.00. The fourth-order valence-corrected chi connectivity index (χ4v) is 5.81. The third kappa shape index (κ3) is 4.99. The lowest BCUT2D eigenvalue weighted by Gasteiger charge is -2.14. The van der Waals surface area contributed by atoms with Gasteiger partial charge in [0.1, 0.15) is 24.1 Å². The lowest BCUT2D eigenvalue weighted by atomic mass is 10.0. The van der Waals surface area contributed by atoms with Crippen molar-refractivity contribution in [3.05, 3.63) is 83.0 Å². The fourth-order valence-electron chi connectivity index (χ4n) is 3.41. The summed E-state index contributed by atoms with van der Waals surface area (Å²) < 4.78 is 10.6. The van der Waals surface area contributed by atoms with Gasteiger partial charge in [-0.05, 0) is 12.1 Å². The summed E-state index contributed by atoms with van der Waals surface area (Å²) in [5, 5.41) is 0.275. The standard InChI is InChI=1S/2C12H12O2S/c2*1-14-11-5-3-2-4-10(11)12-9(8-13)6-7-15-12/h2*2-6,8,12H,7H2,1H3/t2*12-/m00/s1. The molecule has 4 nitrogen and oxygen atoms in total. The molecule has 2 aliphatic rings. The molecule has 4 rings (SSSR count). The maximum absolute atomic E-state index is 10.9. The van der Waals surface area contributed by atoms with Gasteiger partial charge in [0.25, 0.3) is 0 Å². The van der Waals surface area contributed by atoms with Gasteiger partial charge in [0.2, 0.25) is 0 Å². The van der Waals surface area contributed by atoms with Crippen molar-refractivity contribution in [1.82, 2.24) is 0 Å². The van der Waals surface area contributed by atoms with Gasteiger partial charge in [0.05, 0.1) is 24.7 Å². The smallest absolute Gasteiger partial charge is 0.147 e. The predicted octanol–water partition coefficient (Wildman–Crippen LogP) is 5.22. The molecule has 2 aliphatic heterocycles. The van der Waals surface area contributed by atoms with Crippen LogP contribution in [0.5, 0.6) is 11.5 Å². The van der Waals surface area contributed by atoms with Crippen LogP contribution >= 0.6 is 23.5 Å². The number of aldehydes is 2. The Balaban J connectivity index is 0.000000171. The van der Waals surface area contributed by atoms with Crippen LogP contribution in [0, 0.1) is 0 Å². The van der Waals surface area contributed by atoms with E-state index in [1.54, 1.807) is 37.7 Å². The van der Waals surface area contributed by atoms with E-state index in [0.29, 0.717) is 0 Å². The fraction of sp³-hybridized carbons (Fsp3) is 0.250. The van der Waals surface area contributed by atoms with E-state index in [0.717, 1.165) is 57.9 Å². The van der Waals surface area contributed by atoms with E-state index in [1.165, 1.54) is 0 Å². The molecule has 0 amide bonds. The summed E-state index contributed by atoms with van der Waals surface area (Å²) in [5.41, 5.74) is 3.87. The van der Waals surface area contributed by atoms with Crippen LogP contribution < -0.4 is 9.47 Å². The summed E-state index contributed by atoms with van der Waals surface area (Å²) in [7, 11) is 3.31. The highest BCUT2D eigenvalue weighted by atomic mass is 32.2. The van der Waals surface area contributed by atoms with E-state index in [9.17, 15) is 9.59 Å². The van der Waals surface area contributed by atoms with Gasteiger partial charge in [0.15, 0.2) is 0 Å². The topological polar surface area (TPSA) is 52.6 Å². The Morgan fingerprint density at radius 3 is 1.50 bits per heavy atom. The molecule has 156 valence electrons. The Morgan fingerprint density at radius 2 is 1.13 bits per heavy atom. The second-order valence-corrected chi connectivity index (χ2v) is 8.83. The summed E-state index contributed by atoms with van der Waals surface area (Å²) in [6.07, 6.45) is 5.85. The van der Waals surface area contributed by atoms with Crippen LogP contribution in [0.3, 0.4) is 0 Å². The first-order chi connectivity index (χ1) is 14.7. The summed E-state index contributed by atoms with van der Waals surface area (Å²) in [6, 6.07) is 15.7. The molecule has 0 aromatic heterocycles. The molecule has 0 saturated carbocycles. The molecule has 0 radical (unpaired) electrons. The third-order valence-electron chi connectivity index (χ3n) is 4.88. The predicted molar refractivity (Wildman–Crippen MR) is 125 cm³/mol. The number of carbonyl (C=O) groups excluding carboxylic acids is 2. The number of thioether (sulfide) groups is 2. The Labute approximate surface area is 185 Å². The SMILES string of the molecule is COc1ccccc1[C@H]1SCC=C1C=O.COc1ccccc1[C@H]1SCC=C1C=O.